The fraction of sp³-hybridized carbons (Fsp3) is 0.500. The molecular weight excluding hydrogens is 244 g/mol. The Kier molecular flexibility index (Phi) is 3.94. The first-order valence-electron chi connectivity index (χ1n) is 6.40. The Morgan fingerprint density at radius 1 is 1.16 bits per heavy atom. The van der Waals surface area contributed by atoms with Crippen molar-refractivity contribution < 1.29 is 4.74 Å². The van der Waals surface area contributed by atoms with E-state index in [1.165, 1.54) is 0 Å². The molecule has 102 valence electrons. The maximum atomic E-state index is 5.67. The number of ether oxygens (including phenoxy) is 1. The summed E-state index contributed by atoms with van der Waals surface area (Å²) in [6.07, 6.45) is 1.70. The molecule has 2 rings (SSSR count). The third-order valence-electron chi connectivity index (χ3n) is 2.64. The van der Waals surface area contributed by atoms with E-state index in [1.807, 2.05) is 13.0 Å². The average molecular weight is 262 g/mol. The molecule has 2 heterocycles. The lowest BCUT2D eigenvalue weighted by Crippen LogP contribution is -2.11. The minimum absolute atomic E-state index is 0.129. The molecule has 0 bridgehead atoms. The first-order valence-corrected chi connectivity index (χ1v) is 6.40. The summed E-state index contributed by atoms with van der Waals surface area (Å²) in [5, 5.41) is 4.46. The first-order chi connectivity index (χ1) is 9.17. The molecule has 0 aromatic carbocycles. The molecule has 7 nitrogen and oxygen atoms in total. The molecule has 0 unspecified atom stereocenters. The summed E-state index contributed by atoms with van der Waals surface area (Å²) in [6.45, 7) is 6.45. The van der Waals surface area contributed by atoms with Gasteiger partial charge < -0.3 is 10.5 Å². The molecule has 0 spiro atoms. The first kappa shape index (κ1) is 13.3. The average Bonchev–Trinajstić information content (AvgIpc) is 2.81. The van der Waals surface area contributed by atoms with Gasteiger partial charge in [-0.3, -0.25) is 0 Å². The van der Waals surface area contributed by atoms with Crippen LogP contribution in [0.15, 0.2) is 6.07 Å². The van der Waals surface area contributed by atoms with Gasteiger partial charge in [-0.2, -0.15) is 20.1 Å². The molecule has 0 saturated heterocycles. The summed E-state index contributed by atoms with van der Waals surface area (Å²) in [7, 11) is 0. The molecule has 0 amide bonds. The van der Waals surface area contributed by atoms with Gasteiger partial charge in [0.2, 0.25) is 5.95 Å². The fourth-order valence-corrected chi connectivity index (χ4v) is 1.72. The van der Waals surface area contributed by atoms with Crippen LogP contribution in [0.3, 0.4) is 0 Å². The fourth-order valence-electron chi connectivity index (χ4n) is 1.72. The zero-order valence-corrected chi connectivity index (χ0v) is 11.4. The number of nitrogens with zero attached hydrogens (tertiary/aromatic N) is 5. The van der Waals surface area contributed by atoms with Crippen molar-refractivity contribution in [1.29, 1.82) is 0 Å². The normalized spacial score (nSPS) is 10.7. The van der Waals surface area contributed by atoms with E-state index in [9.17, 15) is 0 Å². The Morgan fingerprint density at radius 2 is 1.95 bits per heavy atom. The Hall–Kier alpha value is -2.18. The van der Waals surface area contributed by atoms with Crippen LogP contribution < -0.4 is 10.5 Å². The van der Waals surface area contributed by atoms with Crippen LogP contribution in [0.5, 0.6) is 6.01 Å². The van der Waals surface area contributed by atoms with Crippen molar-refractivity contribution in [2.24, 2.45) is 0 Å². The lowest BCUT2D eigenvalue weighted by Gasteiger charge is -2.06. The summed E-state index contributed by atoms with van der Waals surface area (Å²) in [5.74, 6) is 0.525. The van der Waals surface area contributed by atoms with Crippen molar-refractivity contribution in [3.05, 3.63) is 17.5 Å². The maximum Gasteiger partial charge on any atom is 0.323 e. The standard InChI is InChI=1S/C12H18N6O/c1-4-8-7-9(5-2)18(17-8)11-14-10(13)15-12(16-11)19-6-3/h7H,4-6H2,1-3H3,(H2,13,14,15,16). The largest absolute Gasteiger partial charge is 0.464 e. The number of hydrogen-bond acceptors (Lipinski definition) is 6. The summed E-state index contributed by atoms with van der Waals surface area (Å²) >= 11 is 0. The van der Waals surface area contributed by atoms with Crippen LogP contribution in [-0.2, 0) is 12.8 Å². The number of aromatic nitrogens is 5. The van der Waals surface area contributed by atoms with Crippen LogP contribution in [0.2, 0.25) is 0 Å². The minimum atomic E-state index is 0.129. The van der Waals surface area contributed by atoms with E-state index in [1.54, 1.807) is 4.68 Å². The summed E-state index contributed by atoms with van der Waals surface area (Å²) < 4.78 is 6.97. The van der Waals surface area contributed by atoms with Gasteiger partial charge in [-0.25, -0.2) is 4.68 Å². The van der Waals surface area contributed by atoms with E-state index < -0.39 is 0 Å². The van der Waals surface area contributed by atoms with E-state index in [-0.39, 0.29) is 12.0 Å². The zero-order valence-electron chi connectivity index (χ0n) is 11.4. The van der Waals surface area contributed by atoms with Gasteiger partial charge in [0.25, 0.3) is 5.95 Å². The third-order valence-corrected chi connectivity index (χ3v) is 2.64. The highest BCUT2D eigenvalue weighted by molar-refractivity contribution is 5.27. The Bertz CT molecular complexity index is 565. The van der Waals surface area contributed by atoms with Gasteiger partial charge >= 0.3 is 6.01 Å². The molecule has 0 aliphatic carbocycles. The molecule has 0 fully saturated rings. The van der Waals surface area contributed by atoms with Gasteiger partial charge in [0.15, 0.2) is 0 Å². The predicted octanol–water partition coefficient (Wildman–Crippen LogP) is 1.16. The second kappa shape index (κ2) is 5.64. The van der Waals surface area contributed by atoms with E-state index in [2.05, 4.69) is 33.9 Å². The molecule has 0 aliphatic rings. The molecule has 2 N–H and O–H groups in total. The SMILES string of the molecule is CCOc1nc(N)nc(-n2nc(CC)cc2CC)n1. The summed E-state index contributed by atoms with van der Waals surface area (Å²) in [6, 6.07) is 2.26. The number of rotatable bonds is 5. The molecule has 0 aliphatic heterocycles. The number of nitrogens with two attached hydrogens (primary N) is 1. The van der Waals surface area contributed by atoms with Crippen LogP contribution >= 0.6 is 0 Å². The van der Waals surface area contributed by atoms with Gasteiger partial charge in [0.1, 0.15) is 0 Å². The predicted molar refractivity (Wildman–Crippen MR) is 71.3 cm³/mol. The van der Waals surface area contributed by atoms with Crippen LogP contribution in [-0.4, -0.2) is 31.3 Å². The van der Waals surface area contributed by atoms with Crippen LogP contribution in [0.25, 0.3) is 5.95 Å². The van der Waals surface area contributed by atoms with Crippen molar-refractivity contribution >= 4 is 5.95 Å². The molecule has 0 saturated carbocycles. The van der Waals surface area contributed by atoms with E-state index in [4.69, 9.17) is 10.5 Å². The number of anilines is 1. The molecule has 0 radical (unpaired) electrons. The Labute approximate surface area is 111 Å². The number of aryl methyl sites for hydroxylation is 2. The van der Waals surface area contributed by atoms with Gasteiger partial charge in [-0.15, -0.1) is 0 Å². The van der Waals surface area contributed by atoms with Crippen molar-refractivity contribution in [3.63, 3.8) is 0 Å². The van der Waals surface area contributed by atoms with E-state index in [0.29, 0.717) is 12.6 Å². The molecule has 0 atom stereocenters. The monoisotopic (exact) mass is 262 g/mol. The molecule has 2 aromatic rings. The lowest BCUT2D eigenvalue weighted by atomic mass is 10.3. The van der Waals surface area contributed by atoms with Crippen molar-refractivity contribution in [2.75, 3.05) is 12.3 Å². The molecule has 2 aromatic heterocycles. The number of nitrogen functional groups attached to an aromatic ring is 1. The van der Waals surface area contributed by atoms with Crippen molar-refractivity contribution in [2.45, 2.75) is 33.6 Å². The van der Waals surface area contributed by atoms with Crippen LogP contribution in [0.1, 0.15) is 32.2 Å². The Balaban J connectivity index is 2.48. The summed E-state index contributed by atoms with van der Waals surface area (Å²) in [4.78, 5) is 12.3. The van der Waals surface area contributed by atoms with Crippen LogP contribution in [0, 0.1) is 0 Å². The summed E-state index contributed by atoms with van der Waals surface area (Å²) in [5.41, 5.74) is 7.70. The zero-order chi connectivity index (χ0) is 13.8. The second-order valence-corrected chi connectivity index (χ2v) is 3.96. The molecular formula is C12H18N6O. The lowest BCUT2D eigenvalue weighted by molar-refractivity contribution is 0.311. The van der Waals surface area contributed by atoms with Crippen molar-refractivity contribution in [3.8, 4) is 12.0 Å². The van der Waals surface area contributed by atoms with Crippen LogP contribution in [0.4, 0.5) is 5.95 Å². The molecule has 7 heteroatoms. The number of hydrogen-bond donors (Lipinski definition) is 1. The highest BCUT2D eigenvalue weighted by Crippen LogP contribution is 2.13. The third kappa shape index (κ3) is 2.81. The van der Waals surface area contributed by atoms with E-state index >= 15 is 0 Å². The second-order valence-electron chi connectivity index (χ2n) is 3.96. The minimum Gasteiger partial charge on any atom is -0.464 e. The van der Waals surface area contributed by atoms with E-state index in [0.717, 1.165) is 24.2 Å². The van der Waals surface area contributed by atoms with Gasteiger partial charge in [-0.05, 0) is 25.8 Å². The molecule has 19 heavy (non-hydrogen) atoms. The quantitative estimate of drug-likeness (QED) is 0.869. The highest BCUT2D eigenvalue weighted by atomic mass is 16.5. The highest BCUT2D eigenvalue weighted by Gasteiger charge is 2.12. The van der Waals surface area contributed by atoms with Gasteiger partial charge in [0, 0.05) is 5.69 Å². The van der Waals surface area contributed by atoms with Gasteiger partial charge in [-0.1, -0.05) is 13.8 Å². The topological polar surface area (TPSA) is 91.7 Å². The Morgan fingerprint density at radius 3 is 2.58 bits per heavy atom. The smallest absolute Gasteiger partial charge is 0.323 e. The van der Waals surface area contributed by atoms with Crippen molar-refractivity contribution in [1.82, 2.24) is 24.7 Å². The van der Waals surface area contributed by atoms with Gasteiger partial charge in [0.05, 0.1) is 12.3 Å². The maximum absolute atomic E-state index is 5.67.